The molecule has 0 aliphatic carbocycles. The number of aromatic amines is 1. The van der Waals surface area contributed by atoms with E-state index in [-0.39, 0.29) is 6.10 Å². The van der Waals surface area contributed by atoms with Crippen LogP contribution in [0.5, 0.6) is 0 Å². The number of nitrogens with one attached hydrogen (secondary N) is 1. The lowest BCUT2D eigenvalue weighted by Crippen LogP contribution is -2.40. The molecule has 2 rings (SSSR count). The fourth-order valence-corrected chi connectivity index (χ4v) is 1.92. The highest BCUT2D eigenvalue weighted by atomic mass is 16.6. The maximum Gasteiger partial charge on any atom is 0.349 e. The van der Waals surface area contributed by atoms with Crippen molar-refractivity contribution in [3.8, 4) is 0 Å². The number of benzene rings is 1. The summed E-state index contributed by atoms with van der Waals surface area (Å²) < 4.78 is 5.18. The van der Waals surface area contributed by atoms with Gasteiger partial charge in [0.25, 0.3) is 0 Å². The first-order valence-electron chi connectivity index (χ1n) is 6.18. The van der Waals surface area contributed by atoms with E-state index in [2.05, 4.69) is 4.98 Å². The summed E-state index contributed by atoms with van der Waals surface area (Å²) in [5, 5.41) is 10.9. The van der Waals surface area contributed by atoms with Gasteiger partial charge in [0.15, 0.2) is 0 Å². The highest BCUT2D eigenvalue weighted by molar-refractivity contribution is 5.85. The predicted octanol–water partition coefficient (Wildman–Crippen LogP) is 2.20. The molecule has 1 aromatic carbocycles. The fraction of sp³-hybridized carbons (Fsp3) is 0.267. The van der Waals surface area contributed by atoms with Crippen LogP contribution in [0.1, 0.15) is 25.1 Å². The molecule has 19 heavy (non-hydrogen) atoms. The zero-order valence-electron chi connectivity index (χ0n) is 11.0. The number of esters is 1. The molecule has 0 radical (unpaired) electrons. The molecule has 100 valence electrons. The van der Waals surface area contributed by atoms with Crippen LogP contribution < -0.4 is 0 Å². The number of aliphatic hydroxyl groups is 1. The Morgan fingerprint density at radius 3 is 2.42 bits per heavy atom. The third-order valence-electron chi connectivity index (χ3n) is 2.82. The third kappa shape index (κ3) is 2.53. The fourth-order valence-electron chi connectivity index (χ4n) is 1.92. The topological polar surface area (TPSA) is 62.3 Å². The van der Waals surface area contributed by atoms with Crippen LogP contribution in [-0.2, 0) is 15.1 Å². The quantitative estimate of drug-likeness (QED) is 0.827. The van der Waals surface area contributed by atoms with Gasteiger partial charge in [-0.15, -0.1) is 0 Å². The van der Waals surface area contributed by atoms with Crippen molar-refractivity contribution in [3.05, 3.63) is 59.9 Å². The number of hydrogen-bond acceptors (Lipinski definition) is 3. The van der Waals surface area contributed by atoms with Gasteiger partial charge < -0.3 is 14.8 Å². The smallest absolute Gasteiger partial charge is 0.349 e. The molecule has 0 aliphatic heterocycles. The summed E-state index contributed by atoms with van der Waals surface area (Å²) in [5.41, 5.74) is -0.942. The van der Waals surface area contributed by atoms with E-state index in [9.17, 15) is 9.90 Å². The van der Waals surface area contributed by atoms with E-state index in [4.69, 9.17) is 4.74 Å². The molecule has 0 spiro atoms. The first kappa shape index (κ1) is 13.4. The Labute approximate surface area is 112 Å². The highest BCUT2D eigenvalue weighted by Gasteiger charge is 2.42. The number of carbonyl (C=O) groups is 1. The molecule has 0 unspecified atom stereocenters. The Hall–Kier alpha value is -2.07. The van der Waals surface area contributed by atoms with Crippen LogP contribution in [0.3, 0.4) is 0 Å². The lowest BCUT2D eigenvalue weighted by atomic mass is 9.90. The van der Waals surface area contributed by atoms with Gasteiger partial charge in [-0.2, -0.15) is 0 Å². The molecule has 4 nitrogen and oxygen atoms in total. The van der Waals surface area contributed by atoms with E-state index in [1.807, 2.05) is 6.07 Å². The minimum Gasteiger partial charge on any atom is -0.460 e. The van der Waals surface area contributed by atoms with E-state index in [0.29, 0.717) is 11.3 Å². The first-order valence-corrected chi connectivity index (χ1v) is 6.18. The van der Waals surface area contributed by atoms with Crippen LogP contribution in [0.4, 0.5) is 0 Å². The van der Waals surface area contributed by atoms with E-state index in [1.165, 1.54) is 0 Å². The average Bonchev–Trinajstić information content (AvgIpc) is 2.92. The standard InChI is InChI=1S/C15H17NO3/c1-11(2)19-14(17)15(18,13-9-6-10-16-13)12-7-4-3-5-8-12/h3-11,16,18H,1-2H3/t15-/m1/s1. The Morgan fingerprint density at radius 2 is 1.89 bits per heavy atom. The van der Waals surface area contributed by atoms with Crippen molar-refractivity contribution < 1.29 is 14.6 Å². The second-order valence-electron chi connectivity index (χ2n) is 4.61. The van der Waals surface area contributed by atoms with Crippen molar-refractivity contribution in [2.45, 2.75) is 25.6 Å². The van der Waals surface area contributed by atoms with Crippen molar-refractivity contribution >= 4 is 5.97 Å². The zero-order valence-corrected chi connectivity index (χ0v) is 11.0. The van der Waals surface area contributed by atoms with Crippen molar-refractivity contribution in [2.24, 2.45) is 0 Å². The second-order valence-corrected chi connectivity index (χ2v) is 4.61. The van der Waals surface area contributed by atoms with E-state index >= 15 is 0 Å². The Morgan fingerprint density at radius 1 is 1.21 bits per heavy atom. The first-order chi connectivity index (χ1) is 9.05. The maximum atomic E-state index is 12.3. The van der Waals surface area contributed by atoms with Gasteiger partial charge in [-0.1, -0.05) is 30.3 Å². The summed E-state index contributed by atoms with van der Waals surface area (Å²) in [4.78, 5) is 15.2. The molecular weight excluding hydrogens is 242 g/mol. The normalized spacial score (nSPS) is 14.1. The summed E-state index contributed by atoms with van der Waals surface area (Å²) in [6.45, 7) is 3.50. The molecule has 1 atom stereocenters. The summed E-state index contributed by atoms with van der Waals surface area (Å²) in [6, 6.07) is 12.1. The van der Waals surface area contributed by atoms with E-state index in [0.717, 1.165) is 0 Å². The molecule has 0 saturated carbocycles. The molecule has 0 bridgehead atoms. The number of hydrogen-bond donors (Lipinski definition) is 2. The number of H-pyrrole nitrogens is 1. The van der Waals surface area contributed by atoms with Gasteiger partial charge in [-0.25, -0.2) is 4.79 Å². The van der Waals surface area contributed by atoms with Gasteiger partial charge in [-0.05, 0) is 26.0 Å². The molecule has 0 saturated heterocycles. The molecule has 4 heteroatoms. The van der Waals surface area contributed by atoms with Crippen molar-refractivity contribution in [2.75, 3.05) is 0 Å². The second kappa shape index (κ2) is 5.28. The van der Waals surface area contributed by atoms with Crippen LogP contribution in [0, 0.1) is 0 Å². The number of ether oxygens (including phenoxy) is 1. The van der Waals surface area contributed by atoms with E-state index < -0.39 is 11.6 Å². The van der Waals surface area contributed by atoms with Gasteiger partial charge in [0, 0.05) is 11.8 Å². The lowest BCUT2D eigenvalue weighted by Gasteiger charge is -2.26. The van der Waals surface area contributed by atoms with Crippen LogP contribution in [0.25, 0.3) is 0 Å². The SMILES string of the molecule is CC(C)OC(=O)[C@@](O)(c1ccccc1)c1ccc[nH]1. The Bertz CT molecular complexity index is 534. The average molecular weight is 259 g/mol. The van der Waals surface area contributed by atoms with Crippen LogP contribution in [0.2, 0.25) is 0 Å². The van der Waals surface area contributed by atoms with Crippen molar-refractivity contribution in [3.63, 3.8) is 0 Å². The van der Waals surface area contributed by atoms with Crippen LogP contribution in [0.15, 0.2) is 48.7 Å². The molecule has 1 heterocycles. The third-order valence-corrected chi connectivity index (χ3v) is 2.82. The van der Waals surface area contributed by atoms with Gasteiger partial charge in [0.05, 0.1) is 11.8 Å². The molecule has 2 N–H and O–H groups in total. The number of carbonyl (C=O) groups excluding carboxylic acids is 1. The summed E-state index contributed by atoms with van der Waals surface area (Å²) >= 11 is 0. The maximum absolute atomic E-state index is 12.3. The monoisotopic (exact) mass is 259 g/mol. The largest absolute Gasteiger partial charge is 0.460 e. The summed E-state index contributed by atoms with van der Waals surface area (Å²) in [6.07, 6.45) is 1.36. The molecule has 2 aromatic rings. The van der Waals surface area contributed by atoms with Crippen LogP contribution in [-0.4, -0.2) is 22.2 Å². The molecule has 0 aliphatic rings. The number of aromatic nitrogens is 1. The lowest BCUT2D eigenvalue weighted by molar-refractivity contribution is -0.166. The summed E-state index contributed by atoms with van der Waals surface area (Å²) in [7, 11) is 0. The minimum absolute atomic E-state index is 0.294. The van der Waals surface area contributed by atoms with Gasteiger partial charge in [0.2, 0.25) is 5.60 Å². The predicted molar refractivity (Wildman–Crippen MR) is 71.5 cm³/mol. The molecule has 0 fully saturated rings. The number of rotatable bonds is 4. The van der Waals surface area contributed by atoms with Crippen molar-refractivity contribution in [1.29, 1.82) is 0 Å². The molecular formula is C15H17NO3. The minimum atomic E-state index is -1.81. The molecule has 0 amide bonds. The van der Waals surface area contributed by atoms with E-state index in [1.54, 1.807) is 56.4 Å². The van der Waals surface area contributed by atoms with Crippen LogP contribution >= 0.6 is 0 Å². The van der Waals surface area contributed by atoms with Gasteiger partial charge in [0.1, 0.15) is 0 Å². The highest BCUT2D eigenvalue weighted by Crippen LogP contribution is 2.30. The van der Waals surface area contributed by atoms with Gasteiger partial charge in [-0.3, -0.25) is 0 Å². The van der Waals surface area contributed by atoms with Gasteiger partial charge >= 0.3 is 5.97 Å². The Balaban J connectivity index is 2.48. The Kier molecular flexibility index (Phi) is 3.71. The molecule has 1 aromatic heterocycles. The van der Waals surface area contributed by atoms with Crippen molar-refractivity contribution in [1.82, 2.24) is 4.98 Å². The zero-order chi connectivity index (χ0) is 13.9. The summed E-state index contributed by atoms with van der Waals surface area (Å²) in [5.74, 6) is -0.684.